The minimum Gasteiger partial charge on any atom is -0.285 e. The van der Waals surface area contributed by atoms with Crippen molar-refractivity contribution in [3.63, 3.8) is 0 Å². The molecule has 0 aliphatic carbocycles. The van der Waals surface area contributed by atoms with E-state index >= 15 is 0 Å². The maximum atomic E-state index is 9.66. The second-order valence-electron chi connectivity index (χ2n) is 1.28. The van der Waals surface area contributed by atoms with Crippen LogP contribution in [-0.4, -0.2) is 79.9 Å². The Bertz CT molecular complexity index is 241. The standard InChI is InChI=1S/CH4O6S2.Ba/c2-8(3,4)1-9(5,6)7;/h1H2,(H,2,3,4)(H,5,6,7);. The summed E-state index contributed by atoms with van der Waals surface area (Å²) in [5, 5.41) is -1.65. The van der Waals surface area contributed by atoms with Crippen molar-refractivity contribution in [3.05, 3.63) is 0 Å². The van der Waals surface area contributed by atoms with Crippen LogP contribution < -0.4 is 0 Å². The molecule has 0 atom stereocenters. The summed E-state index contributed by atoms with van der Waals surface area (Å²) in [6, 6.07) is 0. The van der Waals surface area contributed by atoms with Crippen molar-refractivity contribution in [2.75, 3.05) is 5.08 Å². The van der Waals surface area contributed by atoms with Crippen LogP contribution in [0.2, 0.25) is 0 Å². The van der Waals surface area contributed by atoms with Gasteiger partial charge in [-0.05, 0) is 0 Å². The number of hydrogen-bond acceptors (Lipinski definition) is 4. The van der Waals surface area contributed by atoms with Crippen LogP contribution in [0, 0.1) is 0 Å². The molecule has 0 rings (SSSR count). The third kappa shape index (κ3) is 12.1. The van der Waals surface area contributed by atoms with Crippen LogP contribution in [0.4, 0.5) is 0 Å². The van der Waals surface area contributed by atoms with Crippen molar-refractivity contribution >= 4 is 69.1 Å². The van der Waals surface area contributed by atoms with Crippen LogP contribution in [0.25, 0.3) is 0 Å². The third-order valence-electron chi connectivity index (χ3n) is 0.298. The largest absolute Gasteiger partial charge is 0.285 e. The minimum atomic E-state index is -4.62. The zero-order valence-electron chi connectivity index (χ0n) is 4.76. The summed E-state index contributed by atoms with van der Waals surface area (Å²) >= 11 is 0. The molecule has 0 spiro atoms. The summed E-state index contributed by atoms with van der Waals surface area (Å²) in [4.78, 5) is 0. The molecular weight excluding hydrogens is 309 g/mol. The van der Waals surface area contributed by atoms with Gasteiger partial charge in [0.2, 0.25) is 5.08 Å². The van der Waals surface area contributed by atoms with Gasteiger partial charge in [-0.1, -0.05) is 0 Å². The van der Waals surface area contributed by atoms with Crippen molar-refractivity contribution in [2.24, 2.45) is 0 Å². The molecule has 0 aromatic carbocycles. The summed E-state index contributed by atoms with van der Waals surface area (Å²) in [5.41, 5.74) is 0. The van der Waals surface area contributed by atoms with Gasteiger partial charge in [0.05, 0.1) is 0 Å². The molecule has 0 heterocycles. The van der Waals surface area contributed by atoms with Gasteiger partial charge in [-0.25, -0.2) is 0 Å². The Morgan fingerprint density at radius 3 is 1.10 bits per heavy atom. The Balaban J connectivity index is 0. The fourth-order valence-electron chi connectivity index (χ4n) is 0.188. The summed E-state index contributed by atoms with van der Waals surface area (Å²) < 4.78 is 54.2. The molecule has 0 saturated heterocycles. The van der Waals surface area contributed by atoms with Crippen LogP contribution in [0.5, 0.6) is 0 Å². The molecule has 10 heavy (non-hydrogen) atoms. The summed E-state index contributed by atoms with van der Waals surface area (Å²) in [6.07, 6.45) is 0. The monoisotopic (exact) mass is 314 g/mol. The first-order chi connectivity index (χ1) is 3.71. The Hall–Kier alpha value is 1.39. The Morgan fingerprint density at radius 1 is 0.900 bits per heavy atom. The second-order valence-corrected chi connectivity index (χ2v) is 4.55. The second kappa shape index (κ2) is 4.43. The van der Waals surface area contributed by atoms with Gasteiger partial charge >= 0.3 is 0 Å². The molecule has 2 radical (unpaired) electrons. The van der Waals surface area contributed by atoms with E-state index in [1.54, 1.807) is 0 Å². The predicted octanol–water partition coefficient (Wildman–Crippen LogP) is -1.66. The Kier molecular flexibility index (Phi) is 6.17. The first-order valence-corrected chi connectivity index (χ1v) is 4.83. The van der Waals surface area contributed by atoms with E-state index in [-0.39, 0.29) is 48.9 Å². The SMILES string of the molecule is O=S(=O)(O)CS(=O)(=O)O.[Ba]. The van der Waals surface area contributed by atoms with Crippen LogP contribution >= 0.6 is 0 Å². The van der Waals surface area contributed by atoms with Gasteiger partial charge in [0, 0.05) is 48.9 Å². The van der Waals surface area contributed by atoms with E-state index in [4.69, 9.17) is 9.11 Å². The molecule has 0 aliphatic rings. The fourth-order valence-corrected chi connectivity index (χ4v) is 1.69. The Morgan fingerprint density at radius 2 is 1.10 bits per heavy atom. The van der Waals surface area contributed by atoms with Crippen molar-refractivity contribution in [1.29, 1.82) is 0 Å². The Labute approximate surface area is 98.6 Å². The van der Waals surface area contributed by atoms with E-state index in [2.05, 4.69) is 0 Å². The van der Waals surface area contributed by atoms with Gasteiger partial charge in [0.15, 0.2) is 0 Å². The molecular formula is CH4BaO6S2. The molecule has 0 bridgehead atoms. The van der Waals surface area contributed by atoms with Crippen molar-refractivity contribution in [3.8, 4) is 0 Å². The van der Waals surface area contributed by atoms with Crippen LogP contribution in [0.1, 0.15) is 0 Å². The van der Waals surface area contributed by atoms with Crippen LogP contribution in [0.15, 0.2) is 0 Å². The molecule has 58 valence electrons. The molecule has 0 aromatic rings. The van der Waals surface area contributed by atoms with E-state index in [9.17, 15) is 16.8 Å². The normalized spacial score (nSPS) is 12.2. The van der Waals surface area contributed by atoms with E-state index < -0.39 is 25.3 Å². The first kappa shape index (κ1) is 13.9. The third-order valence-corrected chi connectivity index (χ3v) is 2.68. The van der Waals surface area contributed by atoms with Gasteiger partial charge in [-0.15, -0.1) is 0 Å². The maximum Gasteiger partial charge on any atom is 0.281 e. The average Bonchev–Trinajstić information content (AvgIpc) is 1.14. The molecule has 2 N–H and O–H groups in total. The van der Waals surface area contributed by atoms with E-state index in [1.807, 2.05) is 0 Å². The van der Waals surface area contributed by atoms with Gasteiger partial charge in [-0.2, -0.15) is 16.8 Å². The van der Waals surface area contributed by atoms with Crippen molar-refractivity contribution in [1.82, 2.24) is 0 Å². The zero-order chi connectivity index (χ0) is 7.71. The van der Waals surface area contributed by atoms with Crippen molar-refractivity contribution < 1.29 is 25.9 Å². The number of hydrogen-bond donors (Lipinski definition) is 2. The topological polar surface area (TPSA) is 109 Å². The average molecular weight is 313 g/mol. The summed E-state index contributed by atoms with van der Waals surface area (Å²) in [5.74, 6) is 0. The van der Waals surface area contributed by atoms with E-state index in [0.717, 1.165) is 0 Å². The molecule has 0 aliphatic heterocycles. The minimum absolute atomic E-state index is 0. The summed E-state index contributed by atoms with van der Waals surface area (Å²) in [6.45, 7) is 0. The smallest absolute Gasteiger partial charge is 0.281 e. The van der Waals surface area contributed by atoms with Gasteiger partial charge in [0.1, 0.15) is 0 Å². The van der Waals surface area contributed by atoms with Gasteiger partial charge in [-0.3, -0.25) is 9.11 Å². The molecule has 6 nitrogen and oxygen atoms in total. The summed E-state index contributed by atoms with van der Waals surface area (Å²) in [7, 11) is -9.24. The van der Waals surface area contributed by atoms with Gasteiger partial charge < -0.3 is 0 Å². The first-order valence-electron chi connectivity index (χ1n) is 1.61. The zero-order valence-corrected chi connectivity index (χ0v) is 10.8. The fraction of sp³-hybridized carbons (Fsp3) is 1.00. The van der Waals surface area contributed by atoms with Crippen molar-refractivity contribution in [2.45, 2.75) is 0 Å². The quantitative estimate of drug-likeness (QED) is 0.466. The van der Waals surface area contributed by atoms with Gasteiger partial charge in [0.25, 0.3) is 20.2 Å². The van der Waals surface area contributed by atoms with E-state index in [1.165, 1.54) is 0 Å². The molecule has 0 amide bonds. The van der Waals surface area contributed by atoms with Crippen LogP contribution in [0.3, 0.4) is 0 Å². The molecule has 0 unspecified atom stereocenters. The van der Waals surface area contributed by atoms with E-state index in [0.29, 0.717) is 0 Å². The predicted molar refractivity (Wildman–Crippen MR) is 33.7 cm³/mol. The molecule has 0 aromatic heterocycles. The molecule has 9 heteroatoms. The maximum absolute atomic E-state index is 9.66. The van der Waals surface area contributed by atoms with Crippen LogP contribution in [-0.2, 0) is 20.2 Å². The molecule has 0 saturated carbocycles. The molecule has 0 fully saturated rings. The number of rotatable bonds is 2.